The Morgan fingerprint density at radius 1 is 1.04 bits per heavy atom. The first-order chi connectivity index (χ1) is 11.1. The Kier molecular flexibility index (Phi) is 10.8. The van der Waals surface area contributed by atoms with Crippen molar-refractivity contribution in [2.24, 2.45) is 0 Å². The second-order valence-corrected chi connectivity index (χ2v) is 8.71. The van der Waals surface area contributed by atoms with Gasteiger partial charge in [-0.1, -0.05) is 32.6 Å². The van der Waals surface area contributed by atoms with Crippen molar-refractivity contribution < 1.29 is 23.1 Å². The minimum atomic E-state index is -3.72. The van der Waals surface area contributed by atoms with Gasteiger partial charge >= 0.3 is 13.8 Å². The molecular formula is C17H36NO5P. The van der Waals surface area contributed by atoms with Gasteiger partial charge in [-0.05, 0) is 48.0 Å². The molecular weight excluding hydrogens is 329 g/mol. The number of rotatable bonds is 11. The second kappa shape index (κ2) is 11.1. The lowest BCUT2D eigenvalue weighted by atomic mass is 10.1. The molecule has 0 saturated carbocycles. The second-order valence-electron chi connectivity index (χ2n) is 6.83. The largest absolute Gasteiger partial charge is 0.443 e. The summed E-state index contributed by atoms with van der Waals surface area (Å²) in [4.78, 5) is 12.7. The van der Waals surface area contributed by atoms with Crippen molar-refractivity contribution in [3.63, 3.8) is 0 Å². The molecule has 0 saturated heterocycles. The van der Waals surface area contributed by atoms with Gasteiger partial charge in [0.05, 0.1) is 13.2 Å². The summed E-state index contributed by atoms with van der Waals surface area (Å²) in [7, 11) is -3.72. The maximum absolute atomic E-state index is 13.2. The maximum atomic E-state index is 13.2. The summed E-state index contributed by atoms with van der Waals surface area (Å²) in [6, 6.07) is -0.291. The molecule has 0 aliphatic rings. The van der Waals surface area contributed by atoms with E-state index in [1.54, 1.807) is 34.6 Å². The molecule has 0 spiro atoms. The predicted molar refractivity (Wildman–Crippen MR) is 97.2 cm³/mol. The van der Waals surface area contributed by atoms with E-state index in [-0.39, 0.29) is 19.3 Å². The Hall–Kier alpha value is -0.580. The highest BCUT2D eigenvalue weighted by molar-refractivity contribution is 7.52. The average molecular weight is 365 g/mol. The molecule has 0 N–H and O–H groups in total. The molecule has 0 rings (SSSR count). The van der Waals surface area contributed by atoms with Crippen LogP contribution in [0.3, 0.4) is 0 Å². The van der Waals surface area contributed by atoms with Crippen molar-refractivity contribution in [1.29, 1.82) is 0 Å². The fraction of sp³-hybridized carbons (Fsp3) is 0.941. The van der Waals surface area contributed by atoms with Gasteiger partial charge < -0.3 is 4.74 Å². The lowest BCUT2D eigenvalue weighted by Gasteiger charge is -2.35. The molecule has 0 aliphatic heterocycles. The number of hydrogen-bond acceptors (Lipinski definition) is 5. The molecule has 0 aromatic carbocycles. The molecule has 7 heteroatoms. The molecule has 0 aromatic rings. The molecule has 1 unspecified atom stereocenters. The number of carbonyl (C=O) groups excluding carboxylic acids is 1. The van der Waals surface area contributed by atoms with Gasteiger partial charge in [-0.25, -0.2) is 14.0 Å². The van der Waals surface area contributed by atoms with Crippen LogP contribution >= 0.6 is 7.75 Å². The van der Waals surface area contributed by atoms with Crippen LogP contribution in [0.5, 0.6) is 0 Å². The van der Waals surface area contributed by atoms with E-state index in [1.807, 2.05) is 6.92 Å². The Bertz CT molecular complexity index is 398. The molecule has 0 radical (unpaired) electrons. The van der Waals surface area contributed by atoms with E-state index in [1.165, 1.54) is 4.67 Å². The van der Waals surface area contributed by atoms with Crippen LogP contribution in [0.25, 0.3) is 0 Å². The fourth-order valence-corrected chi connectivity index (χ4v) is 4.12. The first-order valence-corrected chi connectivity index (χ1v) is 10.5. The third kappa shape index (κ3) is 8.50. The Morgan fingerprint density at radius 3 is 2.00 bits per heavy atom. The molecule has 1 atom stereocenters. The molecule has 0 bridgehead atoms. The van der Waals surface area contributed by atoms with E-state index in [4.69, 9.17) is 13.8 Å². The standard InChI is InChI=1S/C17H36NO5P/c1-8-11-12-13-14-15(4)18(16(19)23-17(5,6)7)24(20,21-9-2)22-10-3/h15H,8-14H2,1-7H3. The zero-order valence-electron chi connectivity index (χ0n) is 16.5. The smallest absolute Gasteiger partial charge is 0.440 e. The number of amides is 1. The van der Waals surface area contributed by atoms with Crippen molar-refractivity contribution in [3.05, 3.63) is 0 Å². The zero-order valence-corrected chi connectivity index (χ0v) is 17.4. The van der Waals surface area contributed by atoms with Crippen LogP contribution in [0.1, 0.15) is 80.6 Å². The Labute approximate surface area is 147 Å². The van der Waals surface area contributed by atoms with Crippen LogP contribution < -0.4 is 0 Å². The van der Waals surface area contributed by atoms with Crippen molar-refractivity contribution in [3.8, 4) is 0 Å². The van der Waals surface area contributed by atoms with E-state index in [2.05, 4.69) is 6.92 Å². The third-order valence-electron chi connectivity index (χ3n) is 3.32. The lowest BCUT2D eigenvalue weighted by molar-refractivity contribution is 0.0255. The molecule has 0 heterocycles. The molecule has 144 valence electrons. The highest BCUT2D eigenvalue weighted by Crippen LogP contribution is 2.54. The SMILES string of the molecule is CCCCCCC(C)N(C(=O)OC(C)(C)C)P(=O)(OCC)OCC. The van der Waals surface area contributed by atoms with Gasteiger partial charge in [0.15, 0.2) is 0 Å². The number of carbonyl (C=O) groups is 1. The van der Waals surface area contributed by atoms with Crippen molar-refractivity contribution >= 4 is 13.8 Å². The van der Waals surface area contributed by atoms with Crippen LogP contribution in [0.15, 0.2) is 0 Å². The zero-order chi connectivity index (χ0) is 18.8. The molecule has 0 aliphatic carbocycles. The molecule has 1 amide bonds. The van der Waals surface area contributed by atoms with E-state index < -0.39 is 19.4 Å². The van der Waals surface area contributed by atoms with Gasteiger partial charge in [0.1, 0.15) is 5.60 Å². The van der Waals surface area contributed by atoms with Gasteiger partial charge in [0, 0.05) is 6.04 Å². The first-order valence-electron chi connectivity index (χ1n) is 9.03. The summed E-state index contributed by atoms with van der Waals surface area (Å²) in [6.45, 7) is 13.2. The van der Waals surface area contributed by atoms with Gasteiger partial charge in [-0.3, -0.25) is 9.05 Å². The quantitative estimate of drug-likeness (QED) is 0.344. The topological polar surface area (TPSA) is 65.1 Å². The van der Waals surface area contributed by atoms with Crippen LogP contribution in [0.4, 0.5) is 4.79 Å². The number of nitrogens with zero attached hydrogens (tertiary/aromatic N) is 1. The molecule has 0 fully saturated rings. The summed E-state index contributed by atoms with van der Waals surface area (Å²) >= 11 is 0. The number of unbranched alkanes of at least 4 members (excludes halogenated alkanes) is 3. The van der Waals surface area contributed by atoms with Crippen LogP contribution in [0, 0.1) is 0 Å². The summed E-state index contributed by atoms with van der Waals surface area (Å²) < 4.78 is 30.5. The van der Waals surface area contributed by atoms with E-state index in [0.717, 1.165) is 32.1 Å². The van der Waals surface area contributed by atoms with E-state index >= 15 is 0 Å². The molecule has 6 nitrogen and oxygen atoms in total. The van der Waals surface area contributed by atoms with Crippen LogP contribution in [-0.2, 0) is 18.3 Å². The molecule has 0 aromatic heterocycles. The van der Waals surface area contributed by atoms with Crippen LogP contribution in [-0.4, -0.2) is 35.6 Å². The van der Waals surface area contributed by atoms with Gasteiger partial charge in [-0.15, -0.1) is 0 Å². The number of hydrogen-bond donors (Lipinski definition) is 0. The maximum Gasteiger partial charge on any atom is 0.440 e. The Balaban J connectivity index is 5.32. The summed E-state index contributed by atoms with van der Waals surface area (Å²) in [5.74, 6) is 0. The summed E-state index contributed by atoms with van der Waals surface area (Å²) in [5, 5.41) is 0. The van der Waals surface area contributed by atoms with Crippen molar-refractivity contribution in [2.75, 3.05) is 13.2 Å². The number of ether oxygens (including phenoxy) is 1. The fourth-order valence-electron chi connectivity index (χ4n) is 2.31. The van der Waals surface area contributed by atoms with Crippen molar-refractivity contribution in [1.82, 2.24) is 4.67 Å². The third-order valence-corrected chi connectivity index (χ3v) is 5.58. The van der Waals surface area contributed by atoms with Gasteiger partial charge in [0.25, 0.3) is 0 Å². The highest BCUT2D eigenvalue weighted by Gasteiger charge is 2.42. The first kappa shape index (κ1) is 23.4. The van der Waals surface area contributed by atoms with E-state index in [0.29, 0.717) is 0 Å². The predicted octanol–water partition coefficient (Wildman–Crippen LogP) is 5.76. The monoisotopic (exact) mass is 365 g/mol. The normalized spacial score (nSPS) is 13.6. The molecule has 24 heavy (non-hydrogen) atoms. The van der Waals surface area contributed by atoms with E-state index in [9.17, 15) is 9.36 Å². The average Bonchev–Trinajstić information content (AvgIpc) is 2.42. The minimum absolute atomic E-state index is 0.194. The Morgan fingerprint density at radius 2 is 1.58 bits per heavy atom. The lowest BCUT2D eigenvalue weighted by Crippen LogP contribution is -2.41. The summed E-state index contributed by atoms with van der Waals surface area (Å²) in [5.41, 5.74) is -0.680. The summed E-state index contributed by atoms with van der Waals surface area (Å²) in [6.07, 6.45) is 4.39. The minimum Gasteiger partial charge on any atom is -0.443 e. The van der Waals surface area contributed by atoms with Gasteiger partial charge in [0.2, 0.25) is 0 Å². The van der Waals surface area contributed by atoms with Crippen molar-refractivity contribution in [2.45, 2.75) is 92.2 Å². The van der Waals surface area contributed by atoms with Gasteiger partial charge in [-0.2, -0.15) is 0 Å². The highest BCUT2D eigenvalue weighted by atomic mass is 31.2. The van der Waals surface area contributed by atoms with Crippen LogP contribution in [0.2, 0.25) is 0 Å².